The van der Waals surface area contributed by atoms with E-state index >= 15 is 0 Å². The molecule has 0 saturated heterocycles. The van der Waals surface area contributed by atoms with Crippen molar-refractivity contribution in [3.05, 3.63) is 71.9 Å². The van der Waals surface area contributed by atoms with Crippen LogP contribution in [0.3, 0.4) is 0 Å². The number of halogens is 2. The molecule has 0 saturated carbocycles. The predicted molar refractivity (Wildman–Crippen MR) is 127 cm³/mol. The maximum Gasteiger partial charge on any atom is 0.226 e. The SMILES string of the molecule is CCNC(=NCc1ccc(OCC)c(F)c1)NCc1coc(-c2ccccc2)n1.I. The highest BCUT2D eigenvalue weighted by molar-refractivity contribution is 14.0. The molecule has 8 heteroatoms. The molecule has 0 atom stereocenters. The van der Waals surface area contributed by atoms with Gasteiger partial charge in [-0.1, -0.05) is 24.3 Å². The minimum absolute atomic E-state index is 0. The number of aromatic nitrogens is 1. The van der Waals surface area contributed by atoms with Gasteiger partial charge in [-0.15, -0.1) is 24.0 Å². The molecule has 2 aromatic carbocycles. The first-order valence-corrected chi connectivity index (χ1v) is 9.62. The molecular weight excluding hydrogens is 498 g/mol. The average molecular weight is 524 g/mol. The molecule has 0 bridgehead atoms. The number of hydrogen-bond donors (Lipinski definition) is 2. The molecular formula is C22H26FIN4O2. The van der Waals surface area contributed by atoms with E-state index in [0.29, 0.717) is 38.1 Å². The van der Waals surface area contributed by atoms with Crippen LogP contribution in [-0.2, 0) is 13.1 Å². The van der Waals surface area contributed by atoms with Crippen molar-refractivity contribution < 1.29 is 13.5 Å². The van der Waals surface area contributed by atoms with E-state index in [9.17, 15) is 4.39 Å². The second kappa shape index (κ2) is 12.2. The van der Waals surface area contributed by atoms with E-state index in [1.165, 1.54) is 6.07 Å². The number of benzene rings is 2. The molecule has 0 spiro atoms. The van der Waals surface area contributed by atoms with Crippen LogP contribution >= 0.6 is 24.0 Å². The largest absolute Gasteiger partial charge is 0.491 e. The molecule has 2 N–H and O–H groups in total. The van der Waals surface area contributed by atoms with Crippen molar-refractivity contribution in [1.82, 2.24) is 15.6 Å². The molecule has 0 aliphatic rings. The number of oxazole rings is 1. The Balaban J connectivity index is 0.00000320. The van der Waals surface area contributed by atoms with Crippen molar-refractivity contribution >= 4 is 29.9 Å². The molecule has 3 aromatic rings. The van der Waals surface area contributed by atoms with Crippen LogP contribution in [0.15, 0.2) is 64.2 Å². The standard InChI is InChI=1S/C22H25FN4O2.HI/c1-3-24-22(25-13-16-10-11-20(28-4-2)19(23)12-16)26-14-18-15-29-21(27-18)17-8-6-5-7-9-17;/h5-12,15H,3-4,13-14H2,1-2H3,(H2,24,25,26);1H. The fourth-order valence-corrected chi connectivity index (χ4v) is 2.70. The van der Waals surface area contributed by atoms with Gasteiger partial charge in [-0.3, -0.25) is 0 Å². The molecule has 3 rings (SSSR count). The maximum absolute atomic E-state index is 14.0. The maximum atomic E-state index is 14.0. The van der Waals surface area contributed by atoms with E-state index in [2.05, 4.69) is 20.6 Å². The van der Waals surface area contributed by atoms with Crippen LogP contribution in [0, 0.1) is 5.82 Å². The van der Waals surface area contributed by atoms with Gasteiger partial charge in [0.05, 0.1) is 25.4 Å². The third-order valence-electron chi connectivity index (χ3n) is 4.07. The summed E-state index contributed by atoms with van der Waals surface area (Å²) in [6.07, 6.45) is 1.63. The van der Waals surface area contributed by atoms with Gasteiger partial charge in [-0.25, -0.2) is 14.4 Å². The highest BCUT2D eigenvalue weighted by Crippen LogP contribution is 2.19. The van der Waals surface area contributed by atoms with E-state index in [0.717, 1.165) is 16.8 Å². The van der Waals surface area contributed by atoms with Crippen molar-refractivity contribution in [2.24, 2.45) is 4.99 Å². The summed E-state index contributed by atoms with van der Waals surface area (Å²) in [7, 11) is 0. The third-order valence-corrected chi connectivity index (χ3v) is 4.07. The topological polar surface area (TPSA) is 71.7 Å². The summed E-state index contributed by atoms with van der Waals surface area (Å²) in [6.45, 7) is 5.74. The highest BCUT2D eigenvalue weighted by atomic mass is 127. The molecule has 0 unspecified atom stereocenters. The van der Waals surface area contributed by atoms with Crippen molar-refractivity contribution in [2.45, 2.75) is 26.9 Å². The summed E-state index contributed by atoms with van der Waals surface area (Å²) in [5, 5.41) is 6.39. The number of guanidine groups is 1. The lowest BCUT2D eigenvalue weighted by Crippen LogP contribution is -2.36. The number of hydrogen-bond acceptors (Lipinski definition) is 4. The first kappa shape index (κ1) is 23.7. The number of nitrogens with zero attached hydrogens (tertiary/aromatic N) is 2. The van der Waals surface area contributed by atoms with Gasteiger partial charge in [-0.05, 0) is 43.7 Å². The summed E-state index contributed by atoms with van der Waals surface area (Å²) in [5.41, 5.74) is 2.45. The highest BCUT2D eigenvalue weighted by Gasteiger charge is 2.08. The Morgan fingerprint density at radius 2 is 1.93 bits per heavy atom. The molecule has 30 heavy (non-hydrogen) atoms. The molecule has 0 amide bonds. The van der Waals surface area contributed by atoms with E-state index in [1.807, 2.05) is 50.2 Å². The zero-order valence-electron chi connectivity index (χ0n) is 17.0. The third kappa shape index (κ3) is 6.72. The minimum Gasteiger partial charge on any atom is -0.491 e. The van der Waals surface area contributed by atoms with Gasteiger partial charge >= 0.3 is 0 Å². The summed E-state index contributed by atoms with van der Waals surface area (Å²) < 4.78 is 24.8. The molecule has 0 fully saturated rings. The lowest BCUT2D eigenvalue weighted by molar-refractivity contribution is 0.321. The Morgan fingerprint density at radius 1 is 1.13 bits per heavy atom. The normalized spacial score (nSPS) is 11.0. The molecule has 1 aromatic heterocycles. The van der Waals surface area contributed by atoms with E-state index < -0.39 is 0 Å². The van der Waals surface area contributed by atoms with Gasteiger partial charge in [-0.2, -0.15) is 0 Å². The molecule has 6 nitrogen and oxygen atoms in total. The summed E-state index contributed by atoms with van der Waals surface area (Å²) >= 11 is 0. The van der Waals surface area contributed by atoms with Crippen LogP contribution in [0.2, 0.25) is 0 Å². The molecule has 0 aliphatic heterocycles. The Bertz CT molecular complexity index is 947. The Labute approximate surface area is 193 Å². The lowest BCUT2D eigenvalue weighted by Gasteiger charge is -2.10. The first-order valence-electron chi connectivity index (χ1n) is 9.62. The monoisotopic (exact) mass is 524 g/mol. The van der Waals surface area contributed by atoms with Crippen molar-refractivity contribution in [3.8, 4) is 17.2 Å². The predicted octanol–water partition coefficient (Wildman–Crippen LogP) is 4.75. The van der Waals surface area contributed by atoms with Crippen LogP contribution < -0.4 is 15.4 Å². The van der Waals surface area contributed by atoms with Gasteiger partial charge < -0.3 is 19.8 Å². The molecule has 1 heterocycles. The first-order chi connectivity index (χ1) is 14.2. The van der Waals surface area contributed by atoms with E-state index in [4.69, 9.17) is 9.15 Å². The van der Waals surface area contributed by atoms with Gasteiger partial charge in [0.25, 0.3) is 0 Å². The Hall–Kier alpha value is -2.62. The van der Waals surface area contributed by atoms with Gasteiger partial charge in [0.15, 0.2) is 17.5 Å². The van der Waals surface area contributed by atoms with E-state index in [-0.39, 0.29) is 35.5 Å². The zero-order valence-corrected chi connectivity index (χ0v) is 19.4. The van der Waals surface area contributed by atoms with Crippen LogP contribution in [0.4, 0.5) is 4.39 Å². The number of rotatable bonds is 8. The number of aliphatic imine (C=N–C) groups is 1. The van der Waals surface area contributed by atoms with Crippen molar-refractivity contribution in [1.29, 1.82) is 0 Å². The fraction of sp³-hybridized carbons (Fsp3) is 0.273. The lowest BCUT2D eigenvalue weighted by atomic mass is 10.2. The second-order valence-corrected chi connectivity index (χ2v) is 6.26. The Kier molecular flexibility index (Phi) is 9.59. The van der Waals surface area contributed by atoms with Gasteiger partial charge in [0, 0.05) is 12.1 Å². The van der Waals surface area contributed by atoms with Crippen molar-refractivity contribution in [3.63, 3.8) is 0 Å². The summed E-state index contributed by atoms with van der Waals surface area (Å²) in [4.78, 5) is 9.00. The van der Waals surface area contributed by atoms with Crippen LogP contribution in [0.1, 0.15) is 25.1 Å². The van der Waals surface area contributed by atoms with Gasteiger partial charge in [0.1, 0.15) is 6.26 Å². The number of ether oxygens (including phenoxy) is 1. The Morgan fingerprint density at radius 3 is 2.63 bits per heavy atom. The van der Waals surface area contributed by atoms with E-state index in [1.54, 1.807) is 12.3 Å². The summed E-state index contributed by atoms with van der Waals surface area (Å²) in [5.74, 6) is 1.07. The van der Waals surface area contributed by atoms with Crippen LogP contribution in [0.5, 0.6) is 5.75 Å². The molecule has 0 radical (unpaired) electrons. The van der Waals surface area contributed by atoms with Gasteiger partial charge in [0.2, 0.25) is 5.89 Å². The zero-order chi connectivity index (χ0) is 20.5. The summed E-state index contributed by atoms with van der Waals surface area (Å²) in [6, 6.07) is 14.6. The second-order valence-electron chi connectivity index (χ2n) is 6.26. The fourth-order valence-electron chi connectivity index (χ4n) is 2.70. The smallest absolute Gasteiger partial charge is 0.226 e. The average Bonchev–Trinajstić information content (AvgIpc) is 3.22. The van der Waals surface area contributed by atoms with Crippen LogP contribution in [-0.4, -0.2) is 24.1 Å². The quantitative estimate of drug-likeness (QED) is 0.253. The van der Waals surface area contributed by atoms with Crippen LogP contribution in [0.25, 0.3) is 11.5 Å². The number of nitrogens with one attached hydrogen (secondary N) is 2. The molecule has 0 aliphatic carbocycles. The minimum atomic E-state index is -0.381. The molecule has 160 valence electrons. The van der Waals surface area contributed by atoms with Crippen molar-refractivity contribution in [2.75, 3.05) is 13.2 Å².